The van der Waals surface area contributed by atoms with Crippen LogP contribution in [-0.4, -0.2) is 44.5 Å². The number of rotatable bonds is 2. The minimum Gasteiger partial charge on any atom is -0.476 e. The zero-order chi connectivity index (χ0) is 14.3. The second-order valence-electron chi connectivity index (χ2n) is 4.76. The first kappa shape index (κ1) is 12.8. The average Bonchev–Trinajstić information content (AvgIpc) is 2.85. The van der Waals surface area contributed by atoms with Crippen molar-refractivity contribution in [1.82, 2.24) is 14.4 Å². The van der Waals surface area contributed by atoms with Crippen LogP contribution in [0.5, 0.6) is 0 Å². The Balaban J connectivity index is 2.02. The van der Waals surface area contributed by atoms with Gasteiger partial charge >= 0.3 is 5.97 Å². The van der Waals surface area contributed by atoms with Crippen LogP contribution in [0.25, 0.3) is 5.65 Å². The van der Waals surface area contributed by atoms with E-state index in [0.717, 1.165) is 0 Å². The molecule has 2 aromatic heterocycles. The molecule has 1 aliphatic rings. The van der Waals surface area contributed by atoms with E-state index in [1.165, 1.54) is 12.4 Å². The fourth-order valence-corrected chi connectivity index (χ4v) is 2.28. The van der Waals surface area contributed by atoms with E-state index >= 15 is 0 Å². The third kappa shape index (κ3) is 2.17. The summed E-state index contributed by atoms with van der Waals surface area (Å²) in [4.78, 5) is 20.9. The molecular formula is C12H12F2N4O2. The largest absolute Gasteiger partial charge is 0.476 e. The second kappa shape index (κ2) is 4.39. The summed E-state index contributed by atoms with van der Waals surface area (Å²) >= 11 is 0. The number of carboxylic acids is 1. The first-order valence-electron chi connectivity index (χ1n) is 6.16. The maximum Gasteiger partial charge on any atom is 0.356 e. The molecule has 3 heterocycles. The molecule has 0 bridgehead atoms. The van der Waals surface area contributed by atoms with Crippen molar-refractivity contribution in [2.24, 2.45) is 0 Å². The molecule has 0 aromatic carbocycles. The standard InChI is InChI=1S/C12H12F2N4O2/c13-12(14)1-4-17(5-2-12)10-9-15-3-6-18(9)7-8(16-10)11(19)20/h3,6-7H,1-2,4-5H2,(H,19,20). The molecule has 0 unspecified atom stereocenters. The number of anilines is 1. The molecule has 0 radical (unpaired) electrons. The number of alkyl halides is 2. The predicted octanol–water partition coefficient (Wildman–Crippen LogP) is 1.66. The molecule has 0 amide bonds. The van der Waals surface area contributed by atoms with Crippen LogP contribution < -0.4 is 4.90 Å². The molecule has 1 aliphatic heterocycles. The van der Waals surface area contributed by atoms with Crippen LogP contribution in [0.1, 0.15) is 23.3 Å². The molecule has 1 N–H and O–H groups in total. The highest BCUT2D eigenvalue weighted by Crippen LogP contribution is 2.31. The Morgan fingerprint density at radius 2 is 2.05 bits per heavy atom. The van der Waals surface area contributed by atoms with Crippen LogP contribution in [0, 0.1) is 0 Å². The normalized spacial score (nSPS) is 18.4. The summed E-state index contributed by atoms with van der Waals surface area (Å²) in [5.74, 6) is -3.48. The Bertz CT molecular complexity index is 661. The van der Waals surface area contributed by atoms with E-state index in [1.54, 1.807) is 15.5 Å². The Labute approximate surface area is 112 Å². The molecule has 1 saturated heterocycles. The fourth-order valence-electron chi connectivity index (χ4n) is 2.28. The van der Waals surface area contributed by atoms with Crippen molar-refractivity contribution in [3.8, 4) is 0 Å². The summed E-state index contributed by atoms with van der Waals surface area (Å²) in [5.41, 5.74) is 0.336. The quantitative estimate of drug-likeness (QED) is 0.907. The van der Waals surface area contributed by atoms with Gasteiger partial charge in [0, 0.05) is 44.5 Å². The van der Waals surface area contributed by atoms with Crippen molar-refractivity contribution < 1.29 is 18.7 Å². The summed E-state index contributed by atoms with van der Waals surface area (Å²) in [5, 5.41) is 9.05. The first-order valence-corrected chi connectivity index (χ1v) is 6.16. The molecule has 0 aliphatic carbocycles. The first-order chi connectivity index (χ1) is 9.46. The lowest BCUT2D eigenvalue weighted by Gasteiger charge is -2.32. The SMILES string of the molecule is O=C(O)c1cn2ccnc2c(N2CCC(F)(F)CC2)n1. The van der Waals surface area contributed by atoms with E-state index in [0.29, 0.717) is 11.5 Å². The highest BCUT2D eigenvalue weighted by Gasteiger charge is 2.35. The summed E-state index contributed by atoms with van der Waals surface area (Å²) in [7, 11) is 0. The monoisotopic (exact) mass is 282 g/mol. The third-order valence-electron chi connectivity index (χ3n) is 3.37. The number of aromatic nitrogens is 3. The molecule has 6 nitrogen and oxygen atoms in total. The topological polar surface area (TPSA) is 70.7 Å². The van der Waals surface area contributed by atoms with Gasteiger partial charge in [0.05, 0.1) is 0 Å². The van der Waals surface area contributed by atoms with E-state index in [2.05, 4.69) is 9.97 Å². The van der Waals surface area contributed by atoms with Gasteiger partial charge in [-0.15, -0.1) is 0 Å². The molecule has 106 valence electrons. The Morgan fingerprint density at radius 3 is 2.70 bits per heavy atom. The van der Waals surface area contributed by atoms with E-state index in [-0.39, 0.29) is 31.6 Å². The molecule has 8 heteroatoms. The van der Waals surface area contributed by atoms with Crippen molar-refractivity contribution in [2.75, 3.05) is 18.0 Å². The van der Waals surface area contributed by atoms with Gasteiger partial charge in [-0.2, -0.15) is 0 Å². The zero-order valence-electron chi connectivity index (χ0n) is 10.5. The number of imidazole rings is 1. The summed E-state index contributed by atoms with van der Waals surface area (Å²) in [6, 6.07) is 0. The number of fused-ring (bicyclic) bond motifs is 1. The minimum atomic E-state index is -2.66. The lowest BCUT2D eigenvalue weighted by molar-refractivity contribution is -0.0221. The molecule has 0 atom stereocenters. The molecule has 20 heavy (non-hydrogen) atoms. The summed E-state index contributed by atoms with van der Waals surface area (Å²) < 4.78 is 27.9. The van der Waals surface area contributed by atoms with Gasteiger partial charge in [-0.3, -0.25) is 0 Å². The second-order valence-corrected chi connectivity index (χ2v) is 4.76. The smallest absolute Gasteiger partial charge is 0.356 e. The van der Waals surface area contributed by atoms with Crippen molar-refractivity contribution in [1.29, 1.82) is 0 Å². The van der Waals surface area contributed by atoms with Gasteiger partial charge in [0.25, 0.3) is 5.92 Å². The van der Waals surface area contributed by atoms with Crippen LogP contribution in [-0.2, 0) is 0 Å². The molecule has 0 spiro atoms. The van der Waals surface area contributed by atoms with Crippen LogP contribution in [0.15, 0.2) is 18.6 Å². The van der Waals surface area contributed by atoms with E-state index in [1.807, 2.05) is 0 Å². The van der Waals surface area contributed by atoms with Gasteiger partial charge < -0.3 is 14.4 Å². The molecule has 3 rings (SSSR count). The van der Waals surface area contributed by atoms with Crippen molar-refractivity contribution in [3.05, 3.63) is 24.3 Å². The van der Waals surface area contributed by atoms with Crippen molar-refractivity contribution in [3.63, 3.8) is 0 Å². The van der Waals surface area contributed by atoms with E-state index < -0.39 is 11.9 Å². The number of carboxylic acid groups (broad SMARTS) is 1. The molecule has 1 fully saturated rings. The van der Waals surface area contributed by atoms with Crippen LogP contribution >= 0.6 is 0 Å². The average molecular weight is 282 g/mol. The van der Waals surface area contributed by atoms with E-state index in [9.17, 15) is 13.6 Å². The van der Waals surface area contributed by atoms with E-state index in [4.69, 9.17) is 5.11 Å². The van der Waals surface area contributed by atoms with Gasteiger partial charge in [0.15, 0.2) is 17.2 Å². The predicted molar refractivity (Wildman–Crippen MR) is 66.3 cm³/mol. The maximum absolute atomic E-state index is 13.2. The van der Waals surface area contributed by atoms with Crippen LogP contribution in [0.2, 0.25) is 0 Å². The van der Waals surface area contributed by atoms with Gasteiger partial charge in [0.2, 0.25) is 0 Å². The number of hydrogen-bond acceptors (Lipinski definition) is 4. The van der Waals surface area contributed by atoms with Crippen LogP contribution in [0.3, 0.4) is 0 Å². The molecule has 0 saturated carbocycles. The highest BCUT2D eigenvalue weighted by atomic mass is 19.3. The lowest BCUT2D eigenvalue weighted by atomic mass is 10.1. The number of aromatic carboxylic acids is 1. The number of nitrogens with zero attached hydrogens (tertiary/aromatic N) is 4. The minimum absolute atomic E-state index is 0.131. The zero-order valence-corrected chi connectivity index (χ0v) is 10.5. The van der Waals surface area contributed by atoms with Gasteiger partial charge in [0.1, 0.15) is 0 Å². The lowest BCUT2D eigenvalue weighted by Crippen LogP contribution is -2.40. The number of carbonyl (C=O) groups is 1. The van der Waals surface area contributed by atoms with Gasteiger partial charge in [-0.05, 0) is 0 Å². The highest BCUT2D eigenvalue weighted by molar-refractivity contribution is 5.86. The Morgan fingerprint density at radius 1 is 1.35 bits per heavy atom. The molecule has 2 aromatic rings. The number of piperidine rings is 1. The molecular weight excluding hydrogens is 270 g/mol. The summed E-state index contributed by atoms with van der Waals surface area (Å²) in [6.45, 7) is 0.261. The van der Waals surface area contributed by atoms with Gasteiger partial charge in [-0.1, -0.05) is 0 Å². The number of halogens is 2. The Kier molecular flexibility index (Phi) is 2.81. The number of hydrogen-bond donors (Lipinski definition) is 1. The van der Waals surface area contributed by atoms with Crippen molar-refractivity contribution >= 4 is 17.4 Å². The van der Waals surface area contributed by atoms with Gasteiger partial charge in [-0.25, -0.2) is 23.5 Å². The third-order valence-corrected chi connectivity index (χ3v) is 3.37. The Hall–Kier alpha value is -2.25. The van der Waals surface area contributed by atoms with Crippen LogP contribution in [0.4, 0.5) is 14.6 Å². The summed E-state index contributed by atoms with van der Waals surface area (Å²) in [6.07, 6.45) is 3.95. The van der Waals surface area contributed by atoms with Crippen molar-refractivity contribution in [2.45, 2.75) is 18.8 Å². The maximum atomic E-state index is 13.2. The fraction of sp³-hybridized carbons (Fsp3) is 0.417.